The van der Waals surface area contributed by atoms with E-state index in [0.717, 1.165) is 17.1 Å². The van der Waals surface area contributed by atoms with Crippen molar-refractivity contribution in [2.45, 2.75) is 13.8 Å². The van der Waals surface area contributed by atoms with E-state index in [0.29, 0.717) is 26.2 Å². The first kappa shape index (κ1) is 16.9. The highest BCUT2D eigenvalue weighted by Crippen LogP contribution is 2.18. The van der Waals surface area contributed by atoms with Crippen LogP contribution in [0.25, 0.3) is 0 Å². The molecule has 0 spiro atoms. The lowest BCUT2D eigenvalue weighted by Crippen LogP contribution is -2.50. The van der Waals surface area contributed by atoms with Crippen LogP contribution in [0, 0.1) is 13.8 Å². The first-order valence-corrected chi connectivity index (χ1v) is 9.01. The van der Waals surface area contributed by atoms with Gasteiger partial charge in [-0.3, -0.25) is 14.4 Å². The fraction of sp³-hybridized carbons (Fsp3) is 0.692. The third-order valence-electron chi connectivity index (χ3n) is 3.94. The minimum atomic E-state index is -3.14. The smallest absolute Gasteiger partial charge is 0.238 e. The number of piperazine rings is 1. The molecule has 1 aliphatic rings. The zero-order valence-electron chi connectivity index (χ0n) is 13.5. The first-order valence-electron chi connectivity index (χ1n) is 7.16. The van der Waals surface area contributed by atoms with Crippen molar-refractivity contribution in [3.05, 3.63) is 11.4 Å². The highest BCUT2D eigenvalue weighted by Gasteiger charge is 2.24. The second-order valence-corrected chi connectivity index (χ2v) is 7.64. The van der Waals surface area contributed by atoms with Crippen LogP contribution in [0.3, 0.4) is 0 Å². The van der Waals surface area contributed by atoms with Gasteiger partial charge in [0.05, 0.1) is 29.9 Å². The van der Waals surface area contributed by atoms with Crippen molar-refractivity contribution in [3.63, 3.8) is 0 Å². The van der Waals surface area contributed by atoms with Crippen LogP contribution in [0.15, 0.2) is 0 Å². The maximum Gasteiger partial charge on any atom is 0.238 e. The predicted octanol–water partition coefficient (Wildman–Crippen LogP) is -0.447. The van der Waals surface area contributed by atoms with Gasteiger partial charge in [-0.2, -0.15) is 9.40 Å². The van der Waals surface area contributed by atoms with E-state index in [9.17, 15) is 13.2 Å². The number of anilines is 1. The second kappa shape index (κ2) is 6.35. The summed E-state index contributed by atoms with van der Waals surface area (Å²) < 4.78 is 26.1. The lowest BCUT2D eigenvalue weighted by atomic mass is 10.3. The summed E-state index contributed by atoms with van der Waals surface area (Å²) in [6, 6.07) is 0. The number of aromatic nitrogens is 2. The van der Waals surface area contributed by atoms with E-state index < -0.39 is 10.0 Å². The number of nitrogens with one attached hydrogen (secondary N) is 1. The van der Waals surface area contributed by atoms with Crippen molar-refractivity contribution in [2.24, 2.45) is 7.05 Å². The molecule has 0 saturated carbocycles. The summed E-state index contributed by atoms with van der Waals surface area (Å²) >= 11 is 0. The molecule has 124 valence electrons. The molecule has 0 atom stereocenters. The molecule has 2 heterocycles. The van der Waals surface area contributed by atoms with Crippen LogP contribution < -0.4 is 5.32 Å². The molecule has 2 rings (SSSR count). The number of hydrogen-bond donors (Lipinski definition) is 1. The Balaban J connectivity index is 1.89. The molecule has 1 fully saturated rings. The predicted molar refractivity (Wildman–Crippen MR) is 84.2 cm³/mol. The Bertz CT molecular complexity index is 659. The first-order chi connectivity index (χ1) is 10.2. The average Bonchev–Trinajstić information content (AvgIpc) is 2.65. The van der Waals surface area contributed by atoms with E-state index in [2.05, 4.69) is 10.4 Å². The second-order valence-electron chi connectivity index (χ2n) is 5.66. The molecule has 0 aromatic carbocycles. The van der Waals surface area contributed by atoms with Gasteiger partial charge in [0, 0.05) is 33.2 Å². The number of carbonyl (C=O) groups excluding carboxylic acids is 1. The summed E-state index contributed by atoms with van der Waals surface area (Å²) in [5.41, 5.74) is 2.45. The molecule has 9 heteroatoms. The van der Waals surface area contributed by atoms with Crippen molar-refractivity contribution in [3.8, 4) is 0 Å². The minimum Gasteiger partial charge on any atom is -0.322 e. The van der Waals surface area contributed by atoms with E-state index in [-0.39, 0.29) is 12.5 Å². The van der Waals surface area contributed by atoms with E-state index in [1.807, 2.05) is 25.8 Å². The zero-order chi connectivity index (χ0) is 16.5. The van der Waals surface area contributed by atoms with Crippen LogP contribution in [-0.4, -0.2) is 72.3 Å². The lowest BCUT2D eigenvalue weighted by molar-refractivity contribution is -0.117. The molecule has 1 aromatic rings. The van der Waals surface area contributed by atoms with Gasteiger partial charge in [0.15, 0.2) is 0 Å². The number of hydrogen-bond acceptors (Lipinski definition) is 5. The van der Waals surface area contributed by atoms with Gasteiger partial charge in [-0.1, -0.05) is 0 Å². The Hall–Kier alpha value is -1.45. The van der Waals surface area contributed by atoms with Crippen LogP contribution >= 0.6 is 0 Å². The molecule has 8 nitrogen and oxygen atoms in total. The molecule has 0 aliphatic carbocycles. The third kappa shape index (κ3) is 3.84. The van der Waals surface area contributed by atoms with Gasteiger partial charge < -0.3 is 5.32 Å². The number of sulfonamides is 1. The van der Waals surface area contributed by atoms with Gasteiger partial charge >= 0.3 is 0 Å². The van der Waals surface area contributed by atoms with Gasteiger partial charge in [0.1, 0.15) is 0 Å². The molecular formula is C13H23N5O3S. The molecular weight excluding hydrogens is 306 g/mol. The highest BCUT2D eigenvalue weighted by molar-refractivity contribution is 7.88. The number of nitrogens with zero attached hydrogens (tertiary/aromatic N) is 4. The van der Waals surface area contributed by atoms with Crippen molar-refractivity contribution in [1.29, 1.82) is 0 Å². The fourth-order valence-electron chi connectivity index (χ4n) is 2.56. The molecule has 0 radical (unpaired) electrons. The number of carbonyl (C=O) groups is 1. The van der Waals surface area contributed by atoms with Crippen LogP contribution in [0.4, 0.5) is 5.69 Å². The molecule has 1 aliphatic heterocycles. The summed E-state index contributed by atoms with van der Waals surface area (Å²) in [6.45, 7) is 5.99. The maximum atomic E-state index is 12.2. The molecule has 1 amide bonds. The molecule has 0 bridgehead atoms. The SMILES string of the molecule is Cc1nn(C)c(C)c1NC(=O)CN1CCN(S(C)(=O)=O)CC1. The number of aryl methyl sites for hydroxylation is 2. The van der Waals surface area contributed by atoms with Crippen LogP contribution in [-0.2, 0) is 21.9 Å². The van der Waals surface area contributed by atoms with Crippen molar-refractivity contribution in [2.75, 3.05) is 44.3 Å². The monoisotopic (exact) mass is 329 g/mol. The van der Waals surface area contributed by atoms with Gasteiger partial charge in [0.25, 0.3) is 0 Å². The van der Waals surface area contributed by atoms with E-state index in [1.165, 1.54) is 10.6 Å². The highest BCUT2D eigenvalue weighted by atomic mass is 32.2. The molecule has 22 heavy (non-hydrogen) atoms. The standard InChI is InChI=1S/C13H23N5O3S/c1-10-13(11(2)16(3)15-10)14-12(19)9-17-5-7-18(8-6-17)22(4,20)21/h5-9H2,1-4H3,(H,14,19). The number of rotatable bonds is 4. The van der Waals surface area contributed by atoms with Gasteiger partial charge in [-0.05, 0) is 13.8 Å². The van der Waals surface area contributed by atoms with E-state index in [1.54, 1.807) is 4.68 Å². The lowest BCUT2D eigenvalue weighted by Gasteiger charge is -2.32. The summed E-state index contributed by atoms with van der Waals surface area (Å²) in [7, 11) is -1.30. The Morgan fingerprint density at radius 2 is 1.82 bits per heavy atom. The van der Waals surface area contributed by atoms with Gasteiger partial charge in [-0.15, -0.1) is 0 Å². The quantitative estimate of drug-likeness (QED) is 0.809. The van der Waals surface area contributed by atoms with Crippen LogP contribution in [0.1, 0.15) is 11.4 Å². The zero-order valence-corrected chi connectivity index (χ0v) is 14.3. The molecule has 1 aromatic heterocycles. The van der Waals surface area contributed by atoms with Gasteiger partial charge in [0.2, 0.25) is 15.9 Å². The van der Waals surface area contributed by atoms with Gasteiger partial charge in [-0.25, -0.2) is 8.42 Å². The normalized spacial score (nSPS) is 17.6. The summed E-state index contributed by atoms with van der Waals surface area (Å²) in [5, 5.41) is 7.15. The largest absolute Gasteiger partial charge is 0.322 e. The molecule has 1 saturated heterocycles. The van der Waals surface area contributed by atoms with E-state index >= 15 is 0 Å². The van der Waals surface area contributed by atoms with Crippen LogP contribution in [0.2, 0.25) is 0 Å². The van der Waals surface area contributed by atoms with Crippen molar-refractivity contribution >= 4 is 21.6 Å². The molecule has 0 unspecified atom stereocenters. The third-order valence-corrected chi connectivity index (χ3v) is 5.24. The van der Waals surface area contributed by atoms with Crippen LogP contribution in [0.5, 0.6) is 0 Å². The van der Waals surface area contributed by atoms with E-state index in [4.69, 9.17) is 0 Å². The number of amides is 1. The fourth-order valence-corrected chi connectivity index (χ4v) is 3.38. The summed E-state index contributed by atoms with van der Waals surface area (Å²) in [4.78, 5) is 14.1. The Labute approximate surface area is 131 Å². The summed E-state index contributed by atoms with van der Waals surface area (Å²) in [6.07, 6.45) is 1.21. The topological polar surface area (TPSA) is 87.5 Å². The molecule has 1 N–H and O–H groups in total. The maximum absolute atomic E-state index is 12.2. The average molecular weight is 329 g/mol. The Kier molecular flexibility index (Phi) is 4.88. The Morgan fingerprint density at radius 1 is 1.23 bits per heavy atom. The Morgan fingerprint density at radius 3 is 2.27 bits per heavy atom. The summed E-state index contributed by atoms with van der Waals surface area (Å²) in [5.74, 6) is -0.105. The van der Waals surface area contributed by atoms with Crippen molar-refractivity contribution < 1.29 is 13.2 Å². The van der Waals surface area contributed by atoms with Crippen molar-refractivity contribution in [1.82, 2.24) is 19.0 Å². The minimum absolute atomic E-state index is 0.105.